The highest BCUT2D eigenvalue weighted by Crippen LogP contribution is 2.29. The minimum absolute atomic E-state index is 0.0552. The van der Waals surface area contributed by atoms with Gasteiger partial charge in [-0.15, -0.1) is 0 Å². The van der Waals surface area contributed by atoms with E-state index < -0.39 is 10.0 Å². The van der Waals surface area contributed by atoms with E-state index >= 15 is 0 Å². The highest BCUT2D eigenvalue weighted by molar-refractivity contribution is 7.89. The van der Waals surface area contributed by atoms with Gasteiger partial charge in [-0.3, -0.25) is 4.79 Å². The third-order valence-corrected chi connectivity index (χ3v) is 7.16. The lowest BCUT2D eigenvalue weighted by atomic mass is 9.99. The fraction of sp³-hybridized carbons (Fsp3) is 0.632. The van der Waals surface area contributed by atoms with Crippen LogP contribution in [0.2, 0.25) is 0 Å². The number of amides is 1. The highest BCUT2D eigenvalue weighted by atomic mass is 32.2. The van der Waals surface area contributed by atoms with Crippen molar-refractivity contribution in [3.8, 4) is 5.75 Å². The number of nitrogens with zero attached hydrogens (tertiary/aromatic N) is 2. The zero-order valence-corrected chi connectivity index (χ0v) is 17.0. The molecular formula is C19H30N2O4S. The summed E-state index contributed by atoms with van der Waals surface area (Å²) in [7, 11) is -2.27. The van der Waals surface area contributed by atoms with E-state index in [9.17, 15) is 13.2 Å². The monoisotopic (exact) mass is 382 g/mol. The average Bonchev–Trinajstić information content (AvgIpc) is 2.67. The molecule has 1 amide bonds. The third kappa shape index (κ3) is 4.04. The van der Waals surface area contributed by atoms with Crippen molar-refractivity contribution in [3.05, 3.63) is 23.8 Å². The van der Waals surface area contributed by atoms with Crippen LogP contribution in [0.15, 0.2) is 23.1 Å². The molecule has 6 nitrogen and oxygen atoms in total. The Labute approximate surface area is 157 Å². The molecule has 2 rings (SSSR count). The molecule has 0 bridgehead atoms. The first-order valence-corrected chi connectivity index (χ1v) is 10.8. The molecule has 0 aromatic heterocycles. The summed E-state index contributed by atoms with van der Waals surface area (Å²) < 4.78 is 32.6. The zero-order valence-electron chi connectivity index (χ0n) is 16.2. The predicted octanol–water partition coefficient (Wildman–Crippen LogP) is 3.13. The van der Waals surface area contributed by atoms with Gasteiger partial charge in [0.15, 0.2) is 0 Å². The van der Waals surface area contributed by atoms with Gasteiger partial charge in [0.25, 0.3) is 5.91 Å². The number of hydrogen-bond acceptors (Lipinski definition) is 4. The van der Waals surface area contributed by atoms with Gasteiger partial charge in [-0.2, -0.15) is 4.31 Å². The summed E-state index contributed by atoms with van der Waals surface area (Å²) in [4.78, 5) is 15.0. The average molecular weight is 383 g/mol. The standard InChI is InChI=1S/C19H30N2O4S/c1-5-16-10-8-9-13-21(16)19(22)15-11-12-17(25-4)18(14-15)26(23,24)20(6-2)7-3/h11-12,14,16H,5-10,13H2,1-4H3. The molecule has 146 valence electrons. The van der Waals surface area contributed by atoms with Crippen LogP contribution in [0.3, 0.4) is 0 Å². The van der Waals surface area contributed by atoms with Gasteiger partial charge in [0.2, 0.25) is 10.0 Å². The highest BCUT2D eigenvalue weighted by Gasteiger charge is 2.30. The summed E-state index contributed by atoms with van der Waals surface area (Å²) in [6.07, 6.45) is 4.03. The van der Waals surface area contributed by atoms with E-state index in [4.69, 9.17) is 4.74 Å². The van der Waals surface area contributed by atoms with Gasteiger partial charge in [0.1, 0.15) is 10.6 Å². The van der Waals surface area contributed by atoms with Gasteiger partial charge in [0, 0.05) is 31.2 Å². The number of hydrogen-bond donors (Lipinski definition) is 0. The Morgan fingerprint density at radius 3 is 2.50 bits per heavy atom. The van der Waals surface area contributed by atoms with E-state index in [1.54, 1.807) is 26.0 Å². The van der Waals surface area contributed by atoms with Crippen molar-refractivity contribution >= 4 is 15.9 Å². The minimum atomic E-state index is -3.71. The SMILES string of the molecule is CCC1CCCCN1C(=O)c1ccc(OC)c(S(=O)(=O)N(CC)CC)c1. The van der Waals surface area contributed by atoms with Crippen LogP contribution < -0.4 is 4.74 Å². The molecule has 1 atom stereocenters. The van der Waals surface area contributed by atoms with Crippen molar-refractivity contribution in [2.24, 2.45) is 0 Å². The summed E-state index contributed by atoms with van der Waals surface area (Å²) in [6, 6.07) is 4.93. The van der Waals surface area contributed by atoms with Crippen molar-refractivity contribution in [2.75, 3.05) is 26.7 Å². The smallest absolute Gasteiger partial charge is 0.254 e. The number of methoxy groups -OCH3 is 1. The molecule has 0 saturated carbocycles. The number of carbonyl (C=O) groups excluding carboxylic acids is 1. The van der Waals surface area contributed by atoms with Crippen LogP contribution in [0.1, 0.15) is 56.8 Å². The summed E-state index contributed by atoms with van der Waals surface area (Å²) in [5.41, 5.74) is 0.400. The molecule has 7 heteroatoms. The van der Waals surface area contributed by atoms with Crippen molar-refractivity contribution in [1.29, 1.82) is 0 Å². The lowest BCUT2D eigenvalue weighted by Gasteiger charge is -2.35. The molecule has 1 aromatic rings. The molecule has 0 aliphatic carbocycles. The molecule has 0 N–H and O–H groups in total. The number of likely N-dealkylation sites (tertiary alicyclic amines) is 1. The molecule has 1 heterocycles. The van der Waals surface area contributed by atoms with Crippen LogP contribution in [-0.2, 0) is 10.0 Å². The maximum atomic E-state index is 13.0. The minimum Gasteiger partial charge on any atom is -0.495 e. The maximum Gasteiger partial charge on any atom is 0.254 e. The Balaban J connectivity index is 2.45. The molecule has 1 aliphatic rings. The topological polar surface area (TPSA) is 66.9 Å². The quantitative estimate of drug-likeness (QED) is 0.727. The number of carbonyl (C=O) groups is 1. The number of ether oxygens (including phenoxy) is 1. The van der Waals surface area contributed by atoms with E-state index in [-0.39, 0.29) is 22.6 Å². The summed E-state index contributed by atoms with van der Waals surface area (Å²) >= 11 is 0. The van der Waals surface area contributed by atoms with Gasteiger partial charge >= 0.3 is 0 Å². The first kappa shape index (κ1) is 20.7. The van der Waals surface area contributed by atoms with Gasteiger partial charge in [-0.05, 0) is 43.9 Å². The molecule has 0 spiro atoms. The van der Waals surface area contributed by atoms with Crippen LogP contribution >= 0.6 is 0 Å². The maximum absolute atomic E-state index is 13.0. The van der Waals surface area contributed by atoms with Crippen molar-refractivity contribution < 1.29 is 17.9 Å². The van der Waals surface area contributed by atoms with E-state index in [2.05, 4.69) is 6.92 Å². The third-order valence-electron chi connectivity index (χ3n) is 5.09. The molecule has 1 saturated heterocycles. The first-order chi connectivity index (χ1) is 12.4. The number of sulfonamides is 1. The first-order valence-electron chi connectivity index (χ1n) is 9.39. The summed E-state index contributed by atoms with van der Waals surface area (Å²) in [5, 5.41) is 0. The van der Waals surface area contributed by atoms with Crippen molar-refractivity contribution in [2.45, 2.75) is 57.4 Å². The van der Waals surface area contributed by atoms with Crippen LogP contribution in [0, 0.1) is 0 Å². The van der Waals surface area contributed by atoms with Crippen molar-refractivity contribution in [1.82, 2.24) is 9.21 Å². The molecule has 1 aliphatic heterocycles. The van der Waals surface area contributed by atoms with Gasteiger partial charge < -0.3 is 9.64 Å². The van der Waals surface area contributed by atoms with Crippen LogP contribution in [0.5, 0.6) is 5.75 Å². The second-order valence-electron chi connectivity index (χ2n) is 6.51. The number of piperidine rings is 1. The van der Waals surface area contributed by atoms with E-state index in [0.717, 1.165) is 32.2 Å². The second kappa shape index (κ2) is 8.86. The Morgan fingerprint density at radius 1 is 1.23 bits per heavy atom. The zero-order chi connectivity index (χ0) is 19.3. The van der Waals surface area contributed by atoms with Gasteiger partial charge in [-0.1, -0.05) is 20.8 Å². The van der Waals surface area contributed by atoms with Crippen LogP contribution in [-0.4, -0.2) is 56.3 Å². The van der Waals surface area contributed by atoms with Crippen LogP contribution in [0.25, 0.3) is 0 Å². The Bertz CT molecular complexity index is 729. The number of benzene rings is 1. The molecule has 26 heavy (non-hydrogen) atoms. The lowest BCUT2D eigenvalue weighted by molar-refractivity contribution is 0.0607. The normalized spacial score (nSPS) is 18.2. The van der Waals surface area contributed by atoms with Crippen molar-refractivity contribution in [3.63, 3.8) is 0 Å². The summed E-state index contributed by atoms with van der Waals surface area (Å²) in [6.45, 7) is 7.13. The molecule has 1 fully saturated rings. The predicted molar refractivity (Wildman–Crippen MR) is 102 cm³/mol. The van der Waals surface area contributed by atoms with Crippen LogP contribution in [0.4, 0.5) is 0 Å². The summed E-state index contributed by atoms with van der Waals surface area (Å²) in [5.74, 6) is 0.161. The van der Waals surface area contributed by atoms with Gasteiger partial charge in [-0.25, -0.2) is 8.42 Å². The molecule has 1 aromatic carbocycles. The van der Waals surface area contributed by atoms with E-state index in [1.165, 1.54) is 17.5 Å². The molecular weight excluding hydrogens is 352 g/mol. The Kier molecular flexibility index (Phi) is 7.06. The lowest BCUT2D eigenvalue weighted by Crippen LogP contribution is -2.43. The van der Waals surface area contributed by atoms with E-state index in [1.807, 2.05) is 4.90 Å². The Morgan fingerprint density at radius 2 is 1.92 bits per heavy atom. The fourth-order valence-electron chi connectivity index (χ4n) is 3.57. The molecule has 0 radical (unpaired) electrons. The van der Waals surface area contributed by atoms with E-state index in [0.29, 0.717) is 18.7 Å². The fourth-order valence-corrected chi connectivity index (χ4v) is 5.21. The van der Waals surface area contributed by atoms with Gasteiger partial charge in [0.05, 0.1) is 7.11 Å². The largest absolute Gasteiger partial charge is 0.495 e. The molecule has 1 unspecified atom stereocenters. The Hall–Kier alpha value is -1.60. The second-order valence-corrected chi connectivity index (χ2v) is 8.42. The number of rotatable bonds is 7.